The second kappa shape index (κ2) is 8.04. The van der Waals surface area contributed by atoms with Crippen molar-refractivity contribution < 1.29 is 0 Å². The van der Waals surface area contributed by atoms with E-state index in [1.165, 1.54) is 32.5 Å². The number of piperazine rings is 1. The van der Waals surface area contributed by atoms with Gasteiger partial charge in [0.1, 0.15) is 0 Å². The van der Waals surface area contributed by atoms with Crippen molar-refractivity contribution in [3.05, 3.63) is 0 Å². The maximum atomic E-state index is 3.54. The summed E-state index contributed by atoms with van der Waals surface area (Å²) < 4.78 is 0. The van der Waals surface area contributed by atoms with Gasteiger partial charge in [-0.3, -0.25) is 4.90 Å². The Morgan fingerprint density at radius 1 is 1.06 bits per heavy atom. The van der Waals surface area contributed by atoms with Gasteiger partial charge in [-0.25, -0.2) is 0 Å². The molecule has 2 N–H and O–H groups in total. The number of hydrogen-bond donors (Lipinski definition) is 2. The van der Waals surface area contributed by atoms with Crippen LogP contribution in [0.1, 0.15) is 33.6 Å². The molecule has 0 radical (unpaired) electrons. The van der Waals surface area contributed by atoms with Crippen molar-refractivity contribution in [1.29, 1.82) is 0 Å². The Balaban J connectivity index is 1.98. The van der Waals surface area contributed by atoms with Crippen molar-refractivity contribution in [2.45, 2.75) is 39.7 Å². The predicted octanol–water partition coefficient (Wildman–Crippen LogP) is 1.31. The lowest BCUT2D eigenvalue weighted by molar-refractivity contribution is 0.176. The zero-order valence-electron chi connectivity index (χ0n) is 11.3. The quantitative estimate of drug-likeness (QED) is 0.642. The second-order valence-corrected chi connectivity index (χ2v) is 5.36. The Labute approximate surface area is 101 Å². The normalized spacial score (nSPS) is 20.2. The summed E-state index contributed by atoms with van der Waals surface area (Å²) in [5.74, 6) is 0.818. The molecule has 1 heterocycles. The molecule has 3 nitrogen and oxygen atoms in total. The topological polar surface area (TPSA) is 27.3 Å². The van der Waals surface area contributed by atoms with Gasteiger partial charge in [0.05, 0.1) is 0 Å². The van der Waals surface area contributed by atoms with Gasteiger partial charge in [-0.05, 0) is 38.8 Å². The standard InChI is InChI=1S/C13H29N3/c1-12(2)4-6-14-7-5-13(3)16-10-8-15-9-11-16/h12-15H,4-11H2,1-3H3. The van der Waals surface area contributed by atoms with Crippen LogP contribution < -0.4 is 10.6 Å². The van der Waals surface area contributed by atoms with Crippen LogP contribution in [0.3, 0.4) is 0 Å². The first-order valence-electron chi connectivity index (χ1n) is 6.85. The molecule has 1 rings (SSSR count). The number of rotatable bonds is 7. The van der Waals surface area contributed by atoms with Gasteiger partial charge in [0.15, 0.2) is 0 Å². The highest BCUT2D eigenvalue weighted by Gasteiger charge is 2.15. The maximum Gasteiger partial charge on any atom is 0.0110 e. The second-order valence-electron chi connectivity index (χ2n) is 5.36. The lowest BCUT2D eigenvalue weighted by atomic mass is 10.1. The van der Waals surface area contributed by atoms with E-state index in [2.05, 4.69) is 36.3 Å². The largest absolute Gasteiger partial charge is 0.317 e. The summed E-state index contributed by atoms with van der Waals surface area (Å²) in [5.41, 5.74) is 0. The third-order valence-electron chi connectivity index (χ3n) is 3.41. The van der Waals surface area contributed by atoms with Gasteiger partial charge < -0.3 is 10.6 Å². The molecule has 1 atom stereocenters. The molecule has 16 heavy (non-hydrogen) atoms. The van der Waals surface area contributed by atoms with Gasteiger partial charge in [0.25, 0.3) is 0 Å². The van der Waals surface area contributed by atoms with Crippen molar-refractivity contribution in [2.75, 3.05) is 39.3 Å². The molecule has 0 aromatic rings. The molecule has 0 aromatic heterocycles. The first kappa shape index (κ1) is 13.9. The van der Waals surface area contributed by atoms with E-state index in [0.717, 1.165) is 31.6 Å². The molecule has 1 fully saturated rings. The summed E-state index contributed by atoms with van der Waals surface area (Å²) in [6.45, 7) is 14.0. The number of nitrogens with zero attached hydrogens (tertiary/aromatic N) is 1. The Hall–Kier alpha value is -0.120. The molecular weight excluding hydrogens is 198 g/mol. The Bertz CT molecular complexity index is 165. The lowest BCUT2D eigenvalue weighted by Crippen LogP contribution is -2.48. The zero-order chi connectivity index (χ0) is 11.8. The van der Waals surface area contributed by atoms with Crippen molar-refractivity contribution >= 4 is 0 Å². The molecule has 1 aliphatic heterocycles. The average Bonchev–Trinajstić information content (AvgIpc) is 2.29. The predicted molar refractivity (Wildman–Crippen MR) is 70.8 cm³/mol. The van der Waals surface area contributed by atoms with E-state index in [9.17, 15) is 0 Å². The molecule has 0 amide bonds. The van der Waals surface area contributed by atoms with E-state index < -0.39 is 0 Å². The van der Waals surface area contributed by atoms with E-state index in [1.807, 2.05) is 0 Å². The van der Waals surface area contributed by atoms with Crippen LogP contribution in [0.2, 0.25) is 0 Å². The molecule has 0 saturated carbocycles. The molecule has 0 spiro atoms. The smallest absolute Gasteiger partial charge is 0.0110 e. The first-order valence-corrected chi connectivity index (χ1v) is 6.85. The summed E-state index contributed by atoms with van der Waals surface area (Å²) in [5, 5.41) is 6.95. The van der Waals surface area contributed by atoms with Crippen molar-refractivity contribution in [2.24, 2.45) is 5.92 Å². The molecule has 0 aromatic carbocycles. The lowest BCUT2D eigenvalue weighted by Gasteiger charge is -2.32. The van der Waals surface area contributed by atoms with Crippen LogP contribution in [0.15, 0.2) is 0 Å². The van der Waals surface area contributed by atoms with Gasteiger partial charge in [-0.1, -0.05) is 13.8 Å². The highest BCUT2D eigenvalue weighted by molar-refractivity contribution is 4.74. The zero-order valence-corrected chi connectivity index (χ0v) is 11.3. The van der Waals surface area contributed by atoms with Crippen LogP contribution in [0.5, 0.6) is 0 Å². The average molecular weight is 227 g/mol. The maximum absolute atomic E-state index is 3.54. The summed E-state index contributed by atoms with van der Waals surface area (Å²) in [7, 11) is 0. The molecule has 1 unspecified atom stereocenters. The summed E-state index contributed by atoms with van der Waals surface area (Å²) in [6.07, 6.45) is 2.57. The minimum atomic E-state index is 0.730. The van der Waals surface area contributed by atoms with Crippen LogP contribution in [-0.2, 0) is 0 Å². The Morgan fingerprint density at radius 2 is 1.69 bits per heavy atom. The van der Waals surface area contributed by atoms with Crippen molar-refractivity contribution in [1.82, 2.24) is 15.5 Å². The molecule has 96 valence electrons. The summed E-state index contributed by atoms with van der Waals surface area (Å²) in [6, 6.07) is 0.730. The molecular formula is C13H29N3. The molecule has 1 aliphatic rings. The summed E-state index contributed by atoms with van der Waals surface area (Å²) >= 11 is 0. The van der Waals surface area contributed by atoms with E-state index >= 15 is 0 Å². The fourth-order valence-corrected chi connectivity index (χ4v) is 2.13. The van der Waals surface area contributed by atoms with Gasteiger partial charge in [-0.15, -0.1) is 0 Å². The highest BCUT2D eigenvalue weighted by Crippen LogP contribution is 2.04. The van der Waals surface area contributed by atoms with Gasteiger partial charge >= 0.3 is 0 Å². The third-order valence-corrected chi connectivity index (χ3v) is 3.41. The summed E-state index contributed by atoms with van der Waals surface area (Å²) in [4.78, 5) is 2.60. The monoisotopic (exact) mass is 227 g/mol. The Kier molecular flexibility index (Phi) is 7.01. The molecule has 0 bridgehead atoms. The van der Waals surface area contributed by atoms with E-state index in [4.69, 9.17) is 0 Å². The van der Waals surface area contributed by atoms with Crippen LogP contribution >= 0.6 is 0 Å². The van der Waals surface area contributed by atoms with E-state index in [-0.39, 0.29) is 0 Å². The van der Waals surface area contributed by atoms with Crippen LogP contribution in [0, 0.1) is 5.92 Å². The number of nitrogens with one attached hydrogen (secondary N) is 2. The fraction of sp³-hybridized carbons (Fsp3) is 1.00. The first-order chi connectivity index (χ1) is 7.70. The third kappa shape index (κ3) is 5.83. The molecule has 0 aliphatic carbocycles. The van der Waals surface area contributed by atoms with E-state index in [0.29, 0.717) is 0 Å². The highest BCUT2D eigenvalue weighted by atomic mass is 15.2. The molecule has 1 saturated heterocycles. The van der Waals surface area contributed by atoms with Crippen LogP contribution in [0.25, 0.3) is 0 Å². The SMILES string of the molecule is CC(C)CCNCCC(C)N1CCNCC1. The van der Waals surface area contributed by atoms with Crippen molar-refractivity contribution in [3.63, 3.8) is 0 Å². The Morgan fingerprint density at radius 3 is 2.31 bits per heavy atom. The minimum absolute atomic E-state index is 0.730. The fourth-order valence-electron chi connectivity index (χ4n) is 2.13. The van der Waals surface area contributed by atoms with Crippen LogP contribution in [-0.4, -0.2) is 50.2 Å². The van der Waals surface area contributed by atoms with E-state index in [1.54, 1.807) is 0 Å². The van der Waals surface area contributed by atoms with Gasteiger partial charge in [0, 0.05) is 32.2 Å². The molecule has 3 heteroatoms. The minimum Gasteiger partial charge on any atom is -0.317 e. The van der Waals surface area contributed by atoms with Gasteiger partial charge in [-0.2, -0.15) is 0 Å². The van der Waals surface area contributed by atoms with Gasteiger partial charge in [0.2, 0.25) is 0 Å². The number of hydrogen-bond acceptors (Lipinski definition) is 3. The van der Waals surface area contributed by atoms with Crippen LogP contribution in [0.4, 0.5) is 0 Å². The van der Waals surface area contributed by atoms with Crippen molar-refractivity contribution in [3.8, 4) is 0 Å².